The van der Waals surface area contributed by atoms with Gasteiger partial charge in [0.25, 0.3) is 5.91 Å². The van der Waals surface area contributed by atoms with Crippen molar-refractivity contribution in [2.45, 2.75) is 17.1 Å². The molecule has 0 radical (unpaired) electrons. The Morgan fingerprint density at radius 2 is 1.51 bits per heavy atom. The predicted molar refractivity (Wildman–Crippen MR) is 129 cm³/mol. The maximum absolute atomic E-state index is 12.6. The standard InChI is InChI=1S/C20H24N4O7S.C2HF3O2/c1-31-15-7-9-16(10-8-15)32(29,30)13-17(20(27)24-28)23-19(26)12-22-18(25)11-21-14-5-3-2-4-6-14;3-2(4,5)1(6)7/h2-10,17,21,28H,11-13H2,1H3,(H,22,25)(H,23,26)(H,24,27);(H,6,7). The lowest BCUT2D eigenvalue weighted by atomic mass is 10.3. The molecule has 1 atom stereocenters. The number of carboxylic acids is 1. The number of hydrogen-bond donors (Lipinski definition) is 6. The molecule has 13 nitrogen and oxygen atoms in total. The minimum atomic E-state index is -5.08. The number of hydrogen-bond acceptors (Lipinski definition) is 9. The molecule has 214 valence electrons. The Kier molecular flexibility index (Phi) is 12.7. The van der Waals surface area contributed by atoms with Crippen molar-refractivity contribution in [2.24, 2.45) is 0 Å². The molecule has 0 aliphatic carbocycles. The number of nitrogens with one attached hydrogen (secondary N) is 4. The van der Waals surface area contributed by atoms with Crippen LogP contribution < -0.4 is 26.2 Å². The van der Waals surface area contributed by atoms with E-state index in [0.29, 0.717) is 5.75 Å². The number of carbonyl (C=O) groups excluding carboxylic acids is 3. The Hall–Kier alpha value is -4.38. The number of amides is 3. The highest BCUT2D eigenvalue weighted by atomic mass is 32.2. The predicted octanol–water partition coefficient (Wildman–Crippen LogP) is 0.321. The minimum Gasteiger partial charge on any atom is -0.497 e. The summed E-state index contributed by atoms with van der Waals surface area (Å²) >= 11 is 0. The van der Waals surface area contributed by atoms with Gasteiger partial charge in [0.05, 0.1) is 30.8 Å². The van der Waals surface area contributed by atoms with Crippen LogP contribution in [0.3, 0.4) is 0 Å². The second-order valence-electron chi connectivity index (χ2n) is 7.35. The first-order valence-corrected chi connectivity index (χ1v) is 12.3. The van der Waals surface area contributed by atoms with Crippen molar-refractivity contribution in [3.8, 4) is 5.75 Å². The van der Waals surface area contributed by atoms with Crippen molar-refractivity contribution < 1.29 is 55.8 Å². The molecule has 0 aliphatic heterocycles. The summed E-state index contributed by atoms with van der Waals surface area (Å²) < 4.78 is 61.9. The number of carboxylic acid groups (broad SMARTS) is 1. The number of sulfone groups is 1. The van der Waals surface area contributed by atoms with Gasteiger partial charge in [-0.25, -0.2) is 18.7 Å². The number of benzene rings is 2. The van der Waals surface area contributed by atoms with Gasteiger partial charge in [0, 0.05) is 5.69 Å². The largest absolute Gasteiger partial charge is 0.497 e. The maximum Gasteiger partial charge on any atom is 0.490 e. The fraction of sp³-hybridized carbons (Fsp3) is 0.273. The average molecular weight is 579 g/mol. The Bertz CT molecular complexity index is 1230. The van der Waals surface area contributed by atoms with E-state index in [-0.39, 0.29) is 11.4 Å². The third-order valence-corrected chi connectivity index (χ3v) is 6.24. The number of aliphatic carboxylic acids is 1. The van der Waals surface area contributed by atoms with E-state index in [0.717, 1.165) is 5.69 Å². The summed E-state index contributed by atoms with van der Waals surface area (Å²) in [6.07, 6.45) is -5.08. The number of para-hydroxylation sites is 1. The van der Waals surface area contributed by atoms with Crippen molar-refractivity contribution in [2.75, 3.05) is 31.3 Å². The second-order valence-corrected chi connectivity index (χ2v) is 9.39. The lowest BCUT2D eigenvalue weighted by molar-refractivity contribution is -0.192. The molecule has 6 N–H and O–H groups in total. The number of rotatable bonds is 11. The summed E-state index contributed by atoms with van der Waals surface area (Å²) in [4.78, 5) is 44.7. The van der Waals surface area contributed by atoms with Crippen LogP contribution in [0.4, 0.5) is 18.9 Å². The molecule has 0 fully saturated rings. The second kappa shape index (κ2) is 15.1. The van der Waals surface area contributed by atoms with Gasteiger partial charge < -0.3 is 25.8 Å². The lowest BCUT2D eigenvalue weighted by Crippen LogP contribution is -2.52. The van der Waals surface area contributed by atoms with Crippen molar-refractivity contribution in [3.05, 3.63) is 54.6 Å². The average Bonchev–Trinajstić information content (AvgIpc) is 2.90. The van der Waals surface area contributed by atoms with Crippen LogP contribution >= 0.6 is 0 Å². The van der Waals surface area contributed by atoms with Crippen molar-refractivity contribution in [1.82, 2.24) is 16.1 Å². The number of carbonyl (C=O) groups is 4. The fourth-order valence-corrected chi connectivity index (χ4v) is 4.00. The van der Waals surface area contributed by atoms with Gasteiger partial charge in [-0.05, 0) is 36.4 Å². The van der Waals surface area contributed by atoms with Crippen LogP contribution in [-0.4, -0.2) is 80.6 Å². The van der Waals surface area contributed by atoms with E-state index in [2.05, 4.69) is 16.0 Å². The molecule has 17 heteroatoms. The quantitative estimate of drug-likeness (QED) is 0.159. The highest BCUT2D eigenvalue weighted by Gasteiger charge is 2.38. The summed E-state index contributed by atoms with van der Waals surface area (Å²) in [5.41, 5.74) is 2.05. The maximum atomic E-state index is 12.6. The molecule has 0 aromatic heterocycles. The first-order valence-electron chi connectivity index (χ1n) is 10.7. The SMILES string of the molecule is COc1ccc(S(=O)(=O)CC(NC(=O)CNC(=O)CNc2ccccc2)C(=O)NO)cc1.O=C(O)C(F)(F)F. The Balaban J connectivity index is 0.000000956. The number of hydroxylamine groups is 1. The van der Waals surface area contributed by atoms with Gasteiger partial charge in [0.15, 0.2) is 9.84 Å². The molecule has 39 heavy (non-hydrogen) atoms. The van der Waals surface area contributed by atoms with E-state index in [1.807, 2.05) is 6.07 Å². The van der Waals surface area contributed by atoms with Gasteiger partial charge in [0.2, 0.25) is 11.8 Å². The minimum absolute atomic E-state index is 0.0936. The van der Waals surface area contributed by atoms with E-state index in [9.17, 15) is 36.0 Å². The van der Waals surface area contributed by atoms with Gasteiger partial charge in [-0.1, -0.05) is 18.2 Å². The van der Waals surface area contributed by atoms with Crippen LogP contribution in [0.2, 0.25) is 0 Å². The zero-order valence-electron chi connectivity index (χ0n) is 20.2. The number of alkyl halides is 3. The molecule has 2 aromatic rings. The molecule has 0 spiro atoms. The molecule has 1 unspecified atom stereocenters. The normalized spacial score (nSPS) is 11.6. The van der Waals surface area contributed by atoms with Gasteiger partial charge in [0.1, 0.15) is 11.8 Å². The molecule has 0 saturated carbocycles. The highest BCUT2D eigenvalue weighted by Crippen LogP contribution is 2.17. The smallest absolute Gasteiger partial charge is 0.490 e. The molecular formula is C22H25F3N4O9S. The van der Waals surface area contributed by atoms with E-state index < -0.39 is 58.0 Å². The third kappa shape index (κ3) is 12.1. The molecular weight excluding hydrogens is 553 g/mol. The molecule has 3 amide bonds. The molecule has 0 heterocycles. The number of halogens is 3. The zero-order chi connectivity index (χ0) is 29.6. The summed E-state index contributed by atoms with van der Waals surface area (Å²) in [6.45, 7) is -0.587. The summed E-state index contributed by atoms with van der Waals surface area (Å²) in [7, 11) is -2.57. The summed E-state index contributed by atoms with van der Waals surface area (Å²) in [5, 5.41) is 23.4. The van der Waals surface area contributed by atoms with Crippen molar-refractivity contribution in [3.63, 3.8) is 0 Å². The van der Waals surface area contributed by atoms with Crippen LogP contribution in [0.25, 0.3) is 0 Å². The Labute approximate surface area is 220 Å². The van der Waals surface area contributed by atoms with Crippen LogP contribution in [0, 0.1) is 0 Å². The molecule has 2 aromatic carbocycles. The van der Waals surface area contributed by atoms with Gasteiger partial charge in [-0.2, -0.15) is 13.2 Å². The highest BCUT2D eigenvalue weighted by molar-refractivity contribution is 7.91. The van der Waals surface area contributed by atoms with Gasteiger partial charge in [-0.3, -0.25) is 19.6 Å². The van der Waals surface area contributed by atoms with Crippen LogP contribution in [0.15, 0.2) is 59.5 Å². The molecule has 0 bridgehead atoms. The van der Waals surface area contributed by atoms with Crippen LogP contribution in [0.1, 0.15) is 0 Å². The van der Waals surface area contributed by atoms with E-state index >= 15 is 0 Å². The summed E-state index contributed by atoms with van der Waals surface area (Å²) in [5.74, 6) is -5.53. The zero-order valence-corrected chi connectivity index (χ0v) is 21.0. The Morgan fingerprint density at radius 1 is 0.949 bits per heavy atom. The van der Waals surface area contributed by atoms with E-state index in [1.54, 1.807) is 24.3 Å². The van der Waals surface area contributed by atoms with Crippen molar-refractivity contribution >= 4 is 39.2 Å². The first-order chi connectivity index (χ1) is 18.2. The van der Waals surface area contributed by atoms with E-state index in [4.69, 9.17) is 19.8 Å². The Morgan fingerprint density at radius 3 is 2.00 bits per heavy atom. The van der Waals surface area contributed by atoms with Crippen LogP contribution in [0.5, 0.6) is 5.75 Å². The third-order valence-electron chi connectivity index (χ3n) is 4.48. The van der Waals surface area contributed by atoms with Gasteiger partial charge in [-0.15, -0.1) is 0 Å². The first kappa shape index (κ1) is 32.6. The fourth-order valence-electron chi connectivity index (χ4n) is 2.58. The number of methoxy groups -OCH3 is 1. The van der Waals surface area contributed by atoms with Crippen LogP contribution in [-0.2, 0) is 29.0 Å². The summed E-state index contributed by atoms with van der Waals surface area (Å²) in [6, 6.07) is 12.8. The lowest BCUT2D eigenvalue weighted by Gasteiger charge is -2.17. The molecule has 0 aliphatic rings. The molecule has 0 saturated heterocycles. The van der Waals surface area contributed by atoms with Crippen molar-refractivity contribution in [1.29, 1.82) is 0 Å². The molecule has 2 rings (SSSR count). The number of anilines is 1. The topological polar surface area (TPSA) is 200 Å². The number of ether oxygens (including phenoxy) is 1. The monoisotopic (exact) mass is 578 g/mol. The van der Waals surface area contributed by atoms with E-state index in [1.165, 1.54) is 36.9 Å². The van der Waals surface area contributed by atoms with Gasteiger partial charge >= 0.3 is 12.1 Å².